The van der Waals surface area contributed by atoms with Crippen molar-refractivity contribution in [2.45, 2.75) is 27.7 Å². The highest BCUT2D eigenvalue weighted by atomic mass is 16.7. The number of carbonyl (C=O) groups is 2. The van der Waals surface area contributed by atoms with Gasteiger partial charge < -0.3 is 18.8 Å². The van der Waals surface area contributed by atoms with E-state index < -0.39 is 5.97 Å². The summed E-state index contributed by atoms with van der Waals surface area (Å²) in [7, 11) is 0. The Bertz CT molecular complexity index is 1140. The normalized spacial score (nSPS) is 12.1. The van der Waals surface area contributed by atoms with Crippen LogP contribution in [0, 0.1) is 27.7 Å². The van der Waals surface area contributed by atoms with E-state index in [4.69, 9.17) is 14.2 Å². The average molecular weight is 405 g/mol. The number of aryl methyl sites for hydroxylation is 3. The Labute approximate surface area is 175 Å². The first-order chi connectivity index (χ1) is 14.3. The fourth-order valence-corrected chi connectivity index (χ4v) is 3.85. The van der Waals surface area contributed by atoms with Gasteiger partial charge in [0.25, 0.3) is 0 Å². The molecule has 154 valence electrons. The summed E-state index contributed by atoms with van der Waals surface area (Å²) in [5, 5.41) is 0. The van der Waals surface area contributed by atoms with Gasteiger partial charge in [0.1, 0.15) is 0 Å². The summed E-state index contributed by atoms with van der Waals surface area (Å²) in [4.78, 5) is 25.2. The van der Waals surface area contributed by atoms with Gasteiger partial charge in [0.05, 0.1) is 5.56 Å². The molecular formula is C24H23NO5. The fraction of sp³-hybridized carbons (Fsp3) is 0.250. The number of fused-ring (bicyclic) bond motifs is 1. The van der Waals surface area contributed by atoms with E-state index in [-0.39, 0.29) is 19.2 Å². The van der Waals surface area contributed by atoms with Gasteiger partial charge in [-0.2, -0.15) is 0 Å². The highest BCUT2D eigenvalue weighted by Gasteiger charge is 2.20. The lowest BCUT2D eigenvalue weighted by atomic mass is 10.1. The lowest BCUT2D eigenvalue weighted by molar-refractivity contribution is 0.0474. The van der Waals surface area contributed by atoms with E-state index in [0.717, 1.165) is 28.2 Å². The van der Waals surface area contributed by atoms with Crippen LogP contribution in [0.3, 0.4) is 0 Å². The van der Waals surface area contributed by atoms with Crippen LogP contribution in [0.15, 0.2) is 42.5 Å². The molecule has 1 aliphatic heterocycles. The molecule has 3 aromatic rings. The number of carbonyl (C=O) groups excluding carboxylic acids is 2. The molecule has 0 unspecified atom stereocenters. The molecule has 0 atom stereocenters. The standard InChI is InChI=1S/C24H23NO5/c1-14-7-15(2)9-18(8-14)24(27)28-12-21(26)20-10-16(3)25(17(20)4)19-5-6-22-23(11-19)30-13-29-22/h5-11H,12-13H2,1-4H3. The van der Waals surface area contributed by atoms with Crippen molar-refractivity contribution in [2.24, 2.45) is 0 Å². The van der Waals surface area contributed by atoms with Gasteiger partial charge in [0, 0.05) is 28.7 Å². The van der Waals surface area contributed by atoms with Crippen molar-refractivity contribution in [1.29, 1.82) is 0 Å². The third-order valence-electron chi connectivity index (χ3n) is 5.14. The summed E-state index contributed by atoms with van der Waals surface area (Å²) in [6, 6.07) is 13.0. The highest BCUT2D eigenvalue weighted by Crippen LogP contribution is 2.35. The summed E-state index contributed by atoms with van der Waals surface area (Å²) >= 11 is 0. The number of hydrogen-bond donors (Lipinski definition) is 0. The molecule has 2 heterocycles. The molecule has 0 saturated heterocycles. The van der Waals surface area contributed by atoms with Crippen molar-refractivity contribution < 1.29 is 23.8 Å². The zero-order valence-corrected chi connectivity index (χ0v) is 17.4. The second-order valence-corrected chi connectivity index (χ2v) is 7.53. The first kappa shape index (κ1) is 19.8. The molecule has 0 spiro atoms. The topological polar surface area (TPSA) is 66.8 Å². The minimum atomic E-state index is -0.500. The number of aromatic nitrogens is 1. The van der Waals surface area contributed by atoms with Crippen molar-refractivity contribution in [3.63, 3.8) is 0 Å². The number of nitrogens with zero attached hydrogens (tertiary/aromatic N) is 1. The largest absolute Gasteiger partial charge is 0.454 e. The van der Waals surface area contributed by atoms with Crippen LogP contribution in [-0.4, -0.2) is 29.7 Å². The van der Waals surface area contributed by atoms with E-state index in [0.29, 0.717) is 22.6 Å². The molecular weight excluding hydrogens is 382 g/mol. The quantitative estimate of drug-likeness (QED) is 0.463. The summed E-state index contributed by atoms with van der Waals surface area (Å²) in [6.07, 6.45) is 0. The van der Waals surface area contributed by atoms with Crippen LogP contribution in [0.25, 0.3) is 5.69 Å². The van der Waals surface area contributed by atoms with E-state index in [9.17, 15) is 9.59 Å². The number of benzene rings is 2. The van der Waals surface area contributed by atoms with E-state index in [2.05, 4.69) is 0 Å². The van der Waals surface area contributed by atoms with Gasteiger partial charge in [-0.3, -0.25) is 4.79 Å². The maximum atomic E-state index is 12.8. The Hall–Kier alpha value is -3.54. The smallest absolute Gasteiger partial charge is 0.338 e. The van der Waals surface area contributed by atoms with E-state index in [1.165, 1.54) is 0 Å². The zero-order valence-electron chi connectivity index (χ0n) is 17.4. The first-order valence-electron chi connectivity index (χ1n) is 9.71. The Morgan fingerprint density at radius 2 is 1.63 bits per heavy atom. The molecule has 0 amide bonds. The molecule has 1 aromatic heterocycles. The van der Waals surface area contributed by atoms with Crippen LogP contribution in [-0.2, 0) is 4.74 Å². The van der Waals surface area contributed by atoms with E-state index in [1.807, 2.05) is 62.6 Å². The fourth-order valence-electron chi connectivity index (χ4n) is 3.85. The molecule has 6 heteroatoms. The van der Waals surface area contributed by atoms with Gasteiger partial charge in [-0.25, -0.2) is 4.79 Å². The third kappa shape index (κ3) is 3.68. The first-order valence-corrected chi connectivity index (χ1v) is 9.71. The molecule has 0 saturated carbocycles. The molecule has 0 fully saturated rings. The molecule has 0 bridgehead atoms. The Balaban J connectivity index is 1.52. The predicted molar refractivity (Wildman–Crippen MR) is 112 cm³/mol. The zero-order chi connectivity index (χ0) is 21.4. The van der Waals surface area contributed by atoms with Crippen molar-refractivity contribution in [2.75, 3.05) is 13.4 Å². The summed E-state index contributed by atoms with van der Waals surface area (Å²) in [5.74, 6) is 0.638. The van der Waals surface area contributed by atoms with Crippen LogP contribution in [0.4, 0.5) is 0 Å². The molecule has 0 aliphatic carbocycles. The summed E-state index contributed by atoms with van der Waals surface area (Å²) < 4.78 is 18.1. The summed E-state index contributed by atoms with van der Waals surface area (Å²) in [6.45, 7) is 7.53. The van der Waals surface area contributed by atoms with Crippen LogP contribution in [0.1, 0.15) is 43.2 Å². The lowest BCUT2D eigenvalue weighted by Crippen LogP contribution is -2.15. The SMILES string of the molecule is Cc1cc(C)cc(C(=O)OCC(=O)c2cc(C)n(-c3ccc4c(c3)OCO4)c2C)c1. The number of esters is 1. The molecule has 1 aliphatic rings. The maximum absolute atomic E-state index is 12.8. The van der Waals surface area contributed by atoms with Crippen LogP contribution in [0.2, 0.25) is 0 Å². The monoisotopic (exact) mass is 405 g/mol. The van der Waals surface area contributed by atoms with Crippen LogP contribution < -0.4 is 9.47 Å². The molecule has 6 nitrogen and oxygen atoms in total. The number of ketones is 1. The number of hydrogen-bond acceptors (Lipinski definition) is 5. The molecule has 30 heavy (non-hydrogen) atoms. The Morgan fingerprint density at radius 3 is 2.37 bits per heavy atom. The van der Waals surface area contributed by atoms with Gasteiger partial charge in [-0.1, -0.05) is 17.2 Å². The summed E-state index contributed by atoms with van der Waals surface area (Å²) in [5.41, 5.74) is 5.47. The third-order valence-corrected chi connectivity index (χ3v) is 5.14. The number of rotatable bonds is 5. The van der Waals surface area contributed by atoms with Crippen molar-refractivity contribution in [1.82, 2.24) is 4.57 Å². The Kier molecular flexibility index (Phi) is 5.08. The van der Waals surface area contributed by atoms with E-state index >= 15 is 0 Å². The van der Waals surface area contributed by atoms with Crippen molar-refractivity contribution >= 4 is 11.8 Å². The van der Waals surface area contributed by atoms with Gasteiger partial charge in [0.15, 0.2) is 18.1 Å². The highest BCUT2D eigenvalue weighted by molar-refractivity contribution is 6.00. The van der Waals surface area contributed by atoms with E-state index in [1.54, 1.807) is 12.1 Å². The average Bonchev–Trinajstić information content (AvgIpc) is 3.28. The molecule has 0 radical (unpaired) electrons. The Morgan fingerprint density at radius 1 is 0.933 bits per heavy atom. The minimum Gasteiger partial charge on any atom is -0.454 e. The number of Topliss-reactive ketones (excluding diaryl/α,β-unsaturated/α-hetero) is 1. The van der Waals surface area contributed by atoms with Gasteiger partial charge >= 0.3 is 5.97 Å². The molecule has 2 aromatic carbocycles. The second kappa shape index (κ2) is 7.71. The molecule has 4 rings (SSSR count). The van der Waals surface area contributed by atoms with Gasteiger partial charge in [-0.05, 0) is 58.0 Å². The second-order valence-electron chi connectivity index (χ2n) is 7.53. The van der Waals surface area contributed by atoms with Gasteiger partial charge in [0.2, 0.25) is 12.6 Å². The van der Waals surface area contributed by atoms with Crippen LogP contribution >= 0.6 is 0 Å². The molecule has 0 N–H and O–H groups in total. The van der Waals surface area contributed by atoms with Crippen LogP contribution in [0.5, 0.6) is 11.5 Å². The number of ether oxygens (including phenoxy) is 3. The predicted octanol–water partition coefficient (Wildman–Crippen LogP) is 4.48. The minimum absolute atomic E-state index is 0.206. The van der Waals surface area contributed by atoms with Crippen molar-refractivity contribution in [3.05, 3.63) is 76.1 Å². The van der Waals surface area contributed by atoms with Crippen molar-refractivity contribution in [3.8, 4) is 17.2 Å². The lowest BCUT2D eigenvalue weighted by Gasteiger charge is -2.11. The van der Waals surface area contributed by atoms with Gasteiger partial charge in [-0.15, -0.1) is 0 Å². The maximum Gasteiger partial charge on any atom is 0.338 e.